The highest BCUT2D eigenvalue weighted by molar-refractivity contribution is 5.92. The smallest absolute Gasteiger partial charge is 0.339 e. The van der Waals surface area contributed by atoms with E-state index in [1.165, 1.54) is 13.2 Å². The summed E-state index contributed by atoms with van der Waals surface area (Å²) in [6, 6.07) is 18.8. The molecule has 0 bridgehead atoms. The first-order valence-corrected chi connectivity index (χ1v) is 7.20. The van der Waals surface area contributed by atoms with Crippen LogP contribution in [0.1, 0.15) is 15.9 Å². The molecule has 0 amide bonds. The number of benzene rings is 3. The Balaban J connectivity index is 1.95. The molecule has 0 heterocycles. The van der Waals surface area contributed by atoms with Gasteiger partial charge in [-0.3, -0.25) is 0 Å². The van der Waals surface area contributed by atoms with Crippen LogP contribution in [-0.4, -0.2) is 18.2 Å². The molecule has 0 atom stereocenters. The van der Waals surface area contributed by atoms with E-state index in [-0.39, 0.29) is 17.9 Å². The lowest BCUT2D eigenvalue weighted by Gasteiger charge is -2.14. The van der Waals surface area contributed by atoms with Crippen LogP contribution in [0.4, 0.5) is 0 Å². The molecule has 0 aliphatic rings. The molecule has 0 aliphatic carbocycles. The van der Waals surface area contributed by atoms with Crippen molar-refractivity contribution >= 4 is 16.7 Å². The van der Waals surface area contributed by atoms with Gasteiger partial charge in [-0.15, -0.1) is 0 Å². The van der Waals surface area contributed by atoms with Crippen molar-refractivity contribution in [3.05, 3.63) is 71.8 Å². The van der Waals surface area contributed by atoms with Crippen LogP contribution in [0.2, 0.25) is 0 Å². The quantitative estimate of drug-likeness (QED) is 0.770. The fourth-order valence-electron chi connectivity index (χ4n) is 2.56. The van der Waals surface area contributed by atoms with Crippen molar-refractivity contribution < 1.29 is 19.4 Å². The van der Waals surface area contributed by atoms with E-state index in [2.05, 4.69) is 0 Å². The topological polar surface area (TPSA) is 55.8 Å². The number of carboxylic acids is 1. The largest absolute Gasteiger partial charge is 0.493 e. The van der Waals surface area contributed by atoms with Crippen LogP contribution in [0.25, 0.3) is 10.8 Å². The fraction of sp³-hybridized carbons (Fsp3) is 0.105. The summed E-state index contributed by atoms with van der Waals surface area (Å²) in [5.74, 6) is -0.391. The predicted octanol–water partition coefficient (Wildman–Crippen LogP) is 4.13. The molecule has 0 saturated heterocycles. The minimum Gasteiger partial charge on any atom is -0.493 e. The van der Waals surface area contributed by atoms with E-state index in [0.717, 1.165) is 16.3 Å². The van der Waals surface area contributed by atoms with Crippen LogP contribution in [0.15, 0.2) is 60.7 Å². The van der Waals surface area contributed by atoms with Crippen molar-refractivity contribution in [1.82, 2.24) is 0 Å². The molecule has 4 heteroatoms. The molecule has 0 fully saturated rings. The van der Waals surface area contributed by atoms with Crippen LogP contribution < -0.4 is 9.47 Å². The van der Waals surface area contributed by atoms with E-state index in [9.17, 15) is 9.90 Å². The van der Waals surface area contributed by atoms with E-state index >= 15 is 0 Å². The zero-order valence-electron chi connectivity index (χ0n) is 12.7. The molecule has 3 rings (SSSR count). The van der Waals surface area contributed by atoms with Gasteiger partial charge in [0.2, 0.25) is 0 Å². The Morgan fingerprint density at radius 1 is 1.00 bits per heavy atom. The molecule has 0 aromatic heterocycles. The van der Waals surface area contributed by atoms with Gasteiger partial charge in [0.1, 0.15) is 12.2 Å². The standard InChI is InChI=1S/C19H16O4/c1-22-17-11-5-10-16(19(20)21)18(17)23-12-14-8-4-7-13-6-2-3-9-15(13)14/h2-11H,12H2,1H3,(H,20,21). The molecular formula is C19H16O4. The van der Waals surface area contributed by atoms with Crippen molar-refractivity contribution in [2.24, 2.45) is 0 Å². The summed E-state index contributed by atoms with van der Waals surface area (Å²) >= 11 is 0. The minimum atomic E-state index is -1.04. The number of hydrogen-bond donors (Lipinski definition) is 1. The highest BCUT2D eigenvalue weighted by atomic mass is 16.5. The van der Waals surface area contributed by atoms with Gasteiger partial charge in [0, 0.05) is 0 Å². The monoisotopic (exact) mass is 308 g/mol. The fourth-order valence-corrected chi connectivity index (χ4v) is 2.56. The number of carbonyl (C=O) groups is 1. The zero-order valence-corrected chi connectivity index (χ0v) is 12.7. The molecule has 23 heavy (non-hydrogen) atoms. The predicted molar refractivity (Wildman–Crippen MR) is 88.2 cm³/mol. The molecule has 0 radical (unpaired) electrons. The van der Waals surface area contributed by atoms with Gasteiger partial charge < -0.3 is 14.6 Å². The summed E-state index contributed by atoms with van der Waals surface area (Å²) in [5.41, 5.74) is 1.08. The molecule has 116 valence electrons. The van der Waals surface area contributed by atoms with Gasteiger partial charge in [-0.05, 0) is 28.5 Å². The number of fused-ring (bicyclic) bond motifs is 1. The van der Waals surface area contributed by atoms with Crippen molar-refractivity contribution in [3.8, 4) is 11.5 Å². The minimum absolute atomic E-state index is 0.0876. The maximum Gasteiger partial charge on any atom is 0.339 e. The molecule has 0 spiro atoms. The lowest BCUT2D eigenvalue weighted by Crippen LogP contribution is -2.05. The third-order valence-corrected chi connectivity index (χ3v) is 3.68. The summed E-state index contributed by atoms with van der Waals surface area (Å²) < 4.78 is 11.0. The van der Waals surface area contributed by atoms with E-state index in [1.807, 2.05) is 42.5 Å². The Morgan fingerprint density at radius 2 is 1.74 bits per heavy atom. The molecule has 3 aromatic rings. The third-order valence-electron chi connectivity index (χ3n) is 3.68. The first-order chi connectivity index (χ1) is 11.2. The summed E-state index contributed by atoms with van der Waals surface area (Å²) in [7, 11) is 1.49. The van der Waals surface area contributed by atoms with Crippen molar-refractivity contribution in [3.63, 3.8) is 0 Å². The molecule has 0 aliphatic heterocycles. The maximum absolute atomic E-state index is 11.4. The number of methoxy groups -OCH3 is 1. The second kappa shape index (κ2) is 6.40. The number of carboxylic acid groups (broad SMARTS) is 1. The molecule has 0 unspecified atom stereocenters. The van der Waals surface area contributed by atoms with Crippen LogP contribution in [0.3, 0.4) is 0 Å². The molecule has 3 aromatic carbocycles. The first kappa shape index (κ1) is 14.9. The Morgan fingerprint density at radius 3 is 2.52 bits per heavy atom. The molecule has 0 saturated carbocycles. The normalized spacial score (nSPS) is 10.5. The molecule has 4 nitrogen and oxygen atoms in total. The summed E-state index contributed by atoms with van der Waals surface area (Å²) in [4.78, 5) is 11.4. The number of hydrogen-bond acceptors (Lipinski definition) is 3. The van der Waals surface area contributed by atoms with Gasteiger partial charge in [0.05, 0.1) is 7.11 Å². The highest BCUT2D eigenvalue weighted by Crippen LogP contribution is 2.32. The highest BCUT2D eigenvalue weighted by Gasteiger charge is 2.16. The van der Waals surface area contributed by atoms with Crippen LogP contribution in [0.5, 0.6) is 11.5 Å². The lowest BCUT2D eigenvalue weighted by atomic mass is 10.1. The van der Waals surface area contributed by atoms with Crippen LogP contribution >= 0.6 is 0 Å². The van der Waals surface area contributed by atoms with E-state index in [4.69, 9.17) is 9.47 Å². The second-order valence-electron chi connectivity index (χ2n) is 5.07. The third kappa shape index (κ3) is 2.97. The Kier molecular flexibility index (Phi) is 4.15. The van der Waals surface area contributed by atoms with E-state index < -0.39 is 5.97 Å². The Hall–Kier alpha value is -3.01. The Bertz CT molecular complexity index is 850. The summed E-state index contributed by atoms with van der Waals surface area (Å²) in [6.45, 7) is 0.266. The van der Waals surface area contributed by atoms with Crippen molar-refractivity contribution in [2.45, 2.75) is 6.61 Å². The summed E-state index contributed by atoms with van der Waals surface area (Å²) in [5, 5.41) is 11.5. The number of aromatic carboxylic acids is 1. The zero-order chi connectivity index (χ0) is 16.2. The van der Waals surface area contributed by atoms with E-state index in [0.29, 0.717) is 5.75 Å². The van der Waals surface area contributed by atoms with Gasteiger partial charge in [-0.1, -0.05) is 48.5 Å². The van der Waals surface area contributed by atoms with Crippen molar-refractivity contribution in [2.75, 3.05) is 7.11 Å². The lowest BCUT2D eigenvalue weighted by molar-refractivity contribution is 0.0691. The summed E-state index contributed by atoms with van der Waals surface area (Å²) in [6.07, 6.45) is 0. The van der Waals surface area contributed by atoms with Gasteiger partial charge in [-0.25, -0.2) is 4.79 Å². The average molecular weight is 308 g/mol. The number of ether oxygens (including phenoxy) is 2. The van der Waals surface area contributed by atoms with Gasteiger partial charge in [0.25, 0.3) is 0 Å². The van der Waals surface area contributed by atoms with Gasteiger partial charge in [0.15, 0.2) is 11.5 Å². The Labute approximate surface area is 133 Å². The first-order valence-electron chi connectivity index (χ1n) is 7.20. The van der Waals surface area contributed by atoms with Gasteiger partial charge >= 0.3 is 5.97 Å². The molecule has 1 N–H and O–H groups in total. The maximum atomic E-state index is 11.4. The van der Waals surface area contributed by atoms with Crippen LogP contribution in [0, 0.1) is 0 Å². The SMILES string of the molecule is COc1cccc(C(=O)O)c1OCc1cccc2ccccc12. The van der Waals surface area contributed by atoms with E-state index in [1.54, 1.807) is 12.1 Å². The number of para-hydroxylation sites is 1. The average Bonchev–Trinajstić information content (AvgIpc) is 2.59. The second-order valence-corrected chi connectivity index (χ2v) is 5.07. The van der Waals surface area contributed by atoms with Crippen molar-refractivity contribution in [1.29, 1.82) is 0 Å². The molecular weight excluding hydrogens is 292 g/mol. The van der Waals surface area contributed by atoms with Crippen LogP contribution in [-0.2, 0) is 6.61 Å². The van der Waals surface area contributed by atoms with Gasteiger partial charge in [-0.2, -0.15) is 0 Å². The number of rotatable bonds is 5.